The highest BCUT2D eigenvalue weighted by molar-refractivity contribution is 6.32. The molecule has 23 heavy (non-hydrogen) atoms. The van der Waals surface area contributed by atoms with E-state index in [0.717, 1.165) is 35.6 Å². The molecule has 3 aromatic rings. The van der Waals surface area contributed by atoms with E-state index in [9.17, 15) is 0 Å². The molecule has 3 rings (SSSR count). The van der Waals surface area contributed by atoms with Crippen molar-refractivity contribution in [2.75, 3.05) is 0 Å². The van der Waals surface area contributed by atoms with E-state index in [2.05, 4.69) is 27.0 Å². The molecule has 0 spiro atoms. The second kappa shape index (κ2) is 6.87. The number of hydrogen-bond acceptors (Lipinski definition) is 4. The predicted molar refractivity (Wildman–Crippen MR) is 89.9 cm³/mol. The standard InChI is InChI=1S/C17H18ClN5/c1-3-5-15-16(20-11-12(2)22-15)10-13-7-9-21-23(13)17-14(18)6-4-8-19-17/h4,6-9,11H,3,5,10H2,1-2H3. The molecule has 6 heteroatoms. The van der Waals surface area contributed by atoms with Gasteiger partial charge in [-0.1, -0.05) is 24.9 Å². The summed E-state index contributed by atoms with van der Waals surface area (Å²) < 4.78 is 1.76. The van der Waals surface area contributed by atoms with Gasteiger partial charge in [0.05, 0.1) is 27.8 Å². The second-order valence-corrected chi connectivity index (χ2v) is 5.78. The van der Waals surface area contributed by atoms with Crippen LogP contribution in [0.25, 0.3) is 5.82 Å². The molecule has 0 atom stereocenters. The van der Waals surface area contributed by atoms with Gasteiger partial charge in [0.15, 0.2) is 5.82 Å². The Kier molecular flexibility index (Phi) is 4.67. The molecule has 0 saturated carbocycles. The van der Waals surface area contributed by atoms with E-state index in [0.29, 0.717) is 17.3 Å². The third-order valence-corrected chi connectivity index (χ3v) is 3.84. The average Bonchev–Trinajstić information content (AvgIpc) is 2.99. The highest BCUT2D eigenvalue weighted by Crippen LogP contribution is 2.20. The second-order valence-electron chi connectivity index (χ2n) is 5.37. The molecule has 0 aliphatic rings. The molecule has 3 aromatic heterocycles. The van der Waals surface area contributed by atoms with Gasteiger partial charge in [0.25, 0.3) is 0 Å². The normalized spacial score (nSPS) is 10.9. The fraction of sp³-hybridized carbons (Fsp3) is 0.294. The van der Waals surface area contributed by atoms with Crippen LogP contribution in [0.2, 0.25) is 5.02 Å². The van der Waals surface area contributed by atoms with Crippen LogP contribution in [0.15, 0.2) is 36.8 Å². The van der Waals surface area contributed by atoms with Crippen molar-refractivity contribution < 1.29 is 0 Å². The van der Waals surface area contributed by atoms with E-state index in [1.165, 1.54) is 0 Å². The van der Waals surface area contributed by atoms with Gasteiger partial charge >= 0.3 is 0 Å². The zero-order valence-corrected chi connectivity index (χ0v) is 14.0. The molecule has 0 amide bonds. The fourth-order valence-corrected chi connectivity index (χ4v) is 2.70. The molecule has 0 aliphatic carbocycles. The zero-order chi connectivity index (χ0) is 16.2. The molecule has 0 aliphatic heterocycles. The monoisotopic (exact) mass is 327 g/mol. The first-order valence-corrected chi connectivity index (χ1v) is 8.02. The van der Waals surface area contributed by atoms with E-state index >= 15 is 0 Å². The Hall–Kier alpha value is -2.27. The Morgan fingerprint density at radius 2 is 2.00 bits per heavy atom. The molecule has 0 radical (unpaired) electrons. The van der Waals surface area contributed by atoms with Gasteiger partial charge in [-0.15, -0.1) is 0 Å². The maximum atomic E-state index is 6.24. The molecule has 118 valence electrons. The Morgan fingerprint density at radius 3 is 2.78 bits per heavy atom. The van der Waals surface area contributed by atoms with Crippen LogP contribution in [-0.2, 0) is 12.8 Å². The van der Waals surface area contributed by atoms with Gasteiger partial charge in [-0.25, -0.2) is 9.67 Å². The lowest BCUT2D eigenvalue weighted by atomic mass is 10.1. The van der Waals surface area contributed by atoms with Crippen molar-refractivity contribution in [2.45, 2.75) is 33.1 Å². The van der Waals surface area contributed by atoms with E-state index in [1.54, 1.807) is 23.1 Å². The van der Waals surface area contributed by atoms with E-state index in [-0.39, 0.29) is 0 Å². The largest absolute Gasteiger partial charge is 0.257 e. The molecule has 0 aromatic carbocycles. The molecule has 0 unspecified atom stereocenters. The molecule has 0 fully saturated rings. The maximum Gasteiger partial charge on any atom is 0.172 e. The number of rotatable bonds is 5. The van der Waals surface area contributed by atoms with Crippen molar-refractivity contribution in [2.24, 2.45) is 0 Å². The lowest BCUT2D eigenvalue weighted by molar-refractivity contribution is 0.772. The quantitative estimate of drug-likeness (QED) is 0.719. The summed E-state index contributed by atoms with van der Waals surface area (Å²) in [7, 11) is 0. The van der Waals surface area contributed by atoms with Gasteiger partial charge in [-0.2, -0.15) is 5.10 Å². The molecule has 0 saturated heterocycles. The van der Waals surface area contributed by atoms with Gasteiger partial charge in [-0.05, 0) is 31.5 Å². The average molecular weight is 328 g/mol. The number of halogens is 1. The molecule has 5 nitrogen and oxygen atoms in total. The SMILES string of the molecule is CCCc1nc(C)cnc1Cc1ccnn1-c1ncccc1Cl. The Bertz CT molecular complexity index is 812. The number of nitrogens with zero attached hydrogens (tertiary/aromatic N) is 5. The van der Waals surface area contributed by atoms with E-state index in [1.807, 2.05) is 25.3 Å². The fourth-order valence-electron chi connectivity index (χ4n) is 2.50. The van der Waals surface area contributed by atoms with Crippen molar-refractivity contribution in [3.63, 3.8) is 0 Å². The molecule has 0 N–H and O–H groups in total. The third kappa shape index (κ3) is 3.40. The first-order valence-electron chi connectivity index (χ1n) is 7.64. The van der Waals surface area contributed by atoms with Crippen LogP contribution in [0.1, 0.15) is 36.1 Å². The van der Waals surface area contributed by atoms with E-state index < -0.39 is 0 Å². The smallest absolute Gasteiger partial charge is 0.172 e. The van der Waals surface area contributed by atoms with Crippen LogP contribution in [0.3, 0.4) is 0 Å². The van der Waals surface area contributed by atoms with Crippen molar-refractivity contribution >= 4 is 11.6 Å². The summed E-state index contributed by atoms with van der Waals surface area (Å²) in [4.78, 5) is 13.5. The Labute approximate surface area is 140 Å². The van der Waals surface area contributed by atoms with Gasteiger partial charge < -0.3 is 0 Å². The van der Waals surface area contributed by atoms with Crippen LogP contribution in [-0.4, -0.2) is 24.7 Å². The predicted octanol–water partition coefficient (Wildman–Crippen LogP) is 3.56. The highest BCUT2D eigenvalue weighted by Gasteiger charge is 2.13. The minimum Gasteiger partial charge on any atom is -0.257 e. The first kappa shape index (κ1) is 15.6. The number of pyridine rings is 1. The molecule has 3 heterocycles. The first-order chi connectivity index (χ1) is 11.2. The summed E-state index contributed by atoms with van der Waals surface area (Å²) in [5.74, 6) is 0.631. The van der Waals surface area contributed by atoms with Crippen molar-refractivity contribution in [1.82, 2.24) is 24.7 Å². The molecule has 0 bridgehead atoms. The number of hydrogen-bond donors (Lipinski definition) is 0. The zero-order valence-electron chi connectivity index (χ0n) is 13.2. The Morgan fingerprint density at radius 1 is 1.13 bits per heavy atom. The highest BCUT2D eigenvalue weighted by atomic mass is 35.5. The number of aryl methyl sites for hydroxylation is 2. The van der Waals surface area contributed by atoms with Gasteiger partial charge in [0.2, 0.25) is 0 Å². The van der Waals surface area contributed by atoms with Crippen molar-refractivity contribution in [1.29, 1.82) is 0 Å². The summed E-state index contributed by atoms with van der Waals surface area (Å²) >= 11 is 6.24. The third-order valence-electron chi connectivity index (χ3n) is 3.55. The Balaban J connectivity index is 1.97. The van der Waals surface area contributed by atoms with Crippen molar-refractivity contribution in [3.05, 3.63) is 64.6 Å². The lowest BCUT2D eigenvalue weighted by Gasteiger charge is -2.10. The summed E-state index contributed by atoms with van der Waals surface area (Å²) in [6.07, 6.45) is 7.87. The molecular weight excluding hydrogens is 310 g/mol. The van der Waals surface area contributed by atoms with Crippen LogP contribution < -0.4 is 0 Å². The van der Waals surface area contributed by atoms with Crippen LogP contribution in [0.5, 0.6) is 0 Å². The van der Waals surface area contributed by atoms with Gasteiger partial charge in [0, 0.05) is 25.0 Å². The van der Waals surface area contributed by atoms with Gasteiger partial charge in [-0.3, -0.25) is 9.97 Å². The van der Waals surface area contributed by atoms with E-state index in [4.69, 9.17) is 11.6 Å². The lowest BCUT2D eigenvalue weighted by Crippen LogP contribution is -2.09. The van der Waals surface area contributed by atoms with Crippen LogP contribution in [0, 0.1) is 6.92 Å². The summed E-state index contributed by atoms with van der Waals surface area (Å²) in [5, 5.41) is 4.93. The van der Waals surface area contributed by atoms with Crippen LogP contribution >= 0.6 is 11.6 Å². The number of aromatic nitrogens is 5. The minimum absolute atomic E-state index is 0.571. The topological polar surface area (TPSA) is 56.5 Å². The minimum atomic E-state index is 0.571. The summed E-state index contributed by atoms with van der Waals surface area (Å²) in [6.45, 7) is 4.11. The summed E-state index contributed by atoms with van der Waals surface area (Å²) in [6, 6.07) is 5.58. The van der Waals surface area contributed by atoms with Crippen LogP contribution in [0.4, 0.5) is 0 Å². The van der Waals surface area contributed by atoms with Gasteiger partial charge in [0.1, 0.15) is 0 Å². The maximum absolute atomic E-state index is 6.24. The summed E-state index contributed by atoms with van der Waals surface area (Å²) in [5.41, 5.74) is 3.96. The van der Waals surface area contributed by atoms with Crippen molar-refractivity contribution in [3.8, 4) is 5.82 Å². The molecular formula is C17H18ClN5.